The number of anilines is 1. The van der Waals surface area contributed by atoms with E-state index in [9.17, 15) is 9.90 Å². The van der Waals surface area contributed by atoms with Gasteiger partial charge in [-0.3, -0.25) is 0 Å². The third kappa shape index (κ3) is 10.8. The van der Waals surface area contributed by atoms with Gasteiger partial charge >= 0.3 is 12.1 Å². The van der Waals surface area contributed by atoms with Crippen LogP contribution in [0.4, 0.5) is 10.6 Å². The third-order valence-electron chi connectivity index (χ3n) is 8.99. The minimum absolute atomic E-state index is 0.0462. The zero-order chi connectivity index (χ0) is 40.7. The van der Waals surface area contributed by atoms with Gasteiger partial charge in [-0.2, -0.15) is 9.97 Å². The van der Waals surface area contributed by atoms with Gasteiger partial charge in [0, 0.05) is 74.5 Å². The molecule has 0 spiro atoms. The summed E-state index contributed by atoms with van der Waals surface area (Å²) in [4.78, 5) is 27.8. The summed E-state index contributed by atoms with van der Waals surface area (Å²) in [5, 5.41) is 17.1. The number of nitrogens with zero attached hydrogens (tertiary/aromatic N) is 6. The Hall–Kier alpha value is -6.23. The topological polar surface area (TPSA) is 182 Å². The number of hydrogen-bond donors (Lipinski definition) is 2. The largest absolute Gasteiger partial charge is 0.497 e. The number of rotatable bonds is 22. The Balaban J connectivity index is 1.60. The van der Waals surface area contributed by atoms with E-state index in [4.69, 9.17) is 53.0 Å². The Kier molecular flexibility index (Phi) is 15.2. The van der Waals surface area contributed by atoms with E-state index in [0.717, 1.165) is 23.1 Å². The Morgan fingerprint density at radius 3 is 2.09 bits per heavy atom. The Bertz CT molecular complexity index is 2020. The first kappa shape index (κ1) is 41.9. The van der Waals surface area contributed by atoms with Gasteiger partial charge in [-0.15, -0.1) is 5.10 Å². The number of alkyl carbamates (subject to hydrolysis) is 1. The van der Waals surface area contributed by atoms with Gasteiger partial charge in [0.15, 0.2) is 11.5 Å². The van der Waals surface area contributed by atoms with Crippen molar-refractivity contribution in [1.29, 1.82) is 0 Å². The van der Waals surface area contributed by atoms with E-state index in [2.05, 4.69) is 22.1 Å². The van der Waals surface area contributed by atoms with Crippen molar-refractivity contribution in [3.8, 4) is 40.8 Å². The highest BCUT2D eigenvalue weighted by Gasteiger charge is 2.25. The number of hydrogen-bond acceptors (Lipinski definition) is 15. The normalized spacial score (nSPS) is 11.4. The Morgan fingerprint density at radius 2 is 1.51 bits per heavy atom. The molecular formula is C40H51N7O10. The summed E-state index contributed by atoms with van der Waals surface area (Å²) < 4.78 is 47.1. The molecule has 5 rings (SSSR count). The van der Waals surface area contributed by atoms with Crippen molar-refractivity contribution in [1.82, 2.24) is 29.9 Å². The van der Waals surface area contributed by atoms with Gasteiger partial charge < -0.3 is 53.2 Å². The van der Waals surface area contributed by atoms with E-state index < -0.39 is 6.09 Å². The zero-order valence-electron chi connectivity index (χ0n) is 33.4. The third-order valence-corrected chi connectivity index (χ3v) is 8.99. The van der Waals surface area contributed by atoms with Gasteiger partial charge in [0.05, 0.1) is 47.4 Å². The van der Waals surface area contributed by atoms with Gasteiger partial charge in [-0.05, 0) is 36.8 Å². The van der Waals surface area contributed by atoms with Crippen molar-refractivity contribution in [2.45, 2.75) is 51.8 Å². The molecule has 306 valence electrons. The number of carbonyl (C=O) groups excluding carboxylic acids is 1. The first-order chi connectivity index (χ1) is 27.8. The maximum atomic E-state index is 11.4. The van der Waals surface area contributed by atoms with Gasteiger partial charge in [-0.1, -0.05) is 13.3 Å². The van der Waals surface area contributed by atoms with Crippen LogP contribution in [0.25, 0.3) is 5.65 Å². The first-order valence-electron chi connectivity index (χ1n) is 18.5. The van der Waals surface area contributed by atoms with Crippen LogP contribution < -0.4 is 43.4 Å². The SMILES string of the molecule is CCCC(CCO)Oc1nc(N(Cc2ccc(OC)cc2OC)Cc2ccc(OC)cc2OC)c2ncc(Cc3ccc(OCCOC(=O)NC)nc3OC)n2n1. The average Bonchev–Trinajstić information content (AvgIpc) is 3.64. The maximum absolute atomic E-state index is 11.4. The lowest BCUT2D eigenvalue weighted by Crippen LogP contribution is -2.26. The van der Waals surface area contributed by atoms with Gasteiger partial charge in [0.1, 0.15) is 42.3 Å². The molecule has 0 aliphatic rings. The molecule has 3 aromatic heterocycles. The molecule has 1 amide bonds. The van der Waals surface area contributed by atoms with Crippen molar-refractivity contribution in [3.05, 3.63) is 77.1 Å². The molecule has 0 aliphatic carbocycles. The van der Waals surface area contributed by atoms with Crippen molar-refractivity contribution >= 4 is 17.6 Å². The predicted octanol–water partition coefficient (Wildman–Crippen LogP) is 5.02. The fourth-order valence-electron chi connectivity index (χ4n) is 6.13. The summed E-state index contributed by atoms with van der Waals surface area (Å²) >= 11 is 0. The summed E-state index contributed by atoms with van der Waals surface area (Å²) in [6.07, 6.45) is 3.12. The molecule has 0 saturated heterocycles. The van der Waals surface area contributed by atoms with Crippen LogP contribution in [-0.4, -0.2) is 104 Å². The minimum atomic E-state index is -0.550. The molecule has 57 heavy (non-hydrogen) atoms. The van der Waals surface area contributed by atoms with E-state index in [1.807, 2.05) is 42.5 Å². The quantitative estimate of drug-likeness (QED) is 0.0891. The number of benzene rings is 2. The second-order valence-electron chi connectivity index (χ2n) is 12.7. The van der Waals surface area contributed by atoms with Crippen LogP contribution >= 0.6 is 0 Å². The van der Waals surface area contributed by atoms with Crippen LogP contribution in [0.3, 0.4) is 0 Å². The number of fused-ring (bicyclic) bond motifs is 1. The van der Waals surface area contributed by atoms with E-state index in [1.165, 1.54) is 14.2 Å². The summed E-state index contributed by atoms with van der Waals surface area (Å²) in [5.74, 6) is 3.69. The monoisotopic (exact) mass is 789 g/mol. The maximum Gasteiger partial charge on any atom is 0.406 e. The first-order valence-corrected chi connectivity index (χ1v) is 18.5. The summed E-state index contributed by atoms with van der Waals surface area (Å²) in [6.45, 7) is 2.82. The lowest BCUT2D eigenvalue weighted by molar-refractivity contribution is 0.125. The lowest BCUT2D eigenvalue weighted by Gasteiger charge is -2.27. The molecule has 3 heterocycles. The van der Waals surface area contributed by atoms with E-state index in [-0.39, 0.29) is 31.9 Å². The number of methoxy groups -OCH3 is 5. The lowest BCUT2D eigenvalue weighted by atomic mass is 10.1. The highest BCUT2D eigenvalue weighted by atomic mass is 16.6. The second kappa shape index (κ2) is 20.6. The molecule has 0 radical (unpaired) electrons. The van der Waals surface area contributed by atoms with Crippen molar-refractivity contribution in [2.75, 3.05) is 67.3 Å². The average molecular weight is 790 g/mol. The fraction of sp³-hybridized carbons (Fsp3) is 0.425. The van der Waals surface area contributed by atoms with E-state index in [1.54, 1.807) is 45.2 Å². The highest BCUT2D eigenvalue weighted by molar-refractivity contribution is 5.67. The van der Waals surface area contributed by atoms with Crippen LogP contribution in [0.15, 0.2) is 54.7 Å². The molecule has 17 nitrogen and oxygen atoms in total. The number of carbonyl (C=O) groups is 1. The Morgan fingerprint density at radius 1 is 0.842 bits per heavy atom. The molecule has 0 aliphatic heterocycles. The molecular weight excluding hydrogens is 738 g/mol. The smallest absolute Gasteiger partial charge is 0.406 e. The van der Waals surface area contributed by atoms with E-state index >= 15 is 0 Å². The standard InChI is InChI=1S/C40H51N7O10/c1-8-9-30(16-17-48)57-39-44-37(46(24-27-10-13-31(50-3)21-33(27)52-5)25-28-11-14-32(51-4)22-34(28)53-6)36-42-23-29(47(36)45-39)20-26-12-15-35(43-38(26)54-7)55-18-19-56-40(49)41-2/h10-15,21-23,30,48H,8-9,16-20,24-25H2,1-7H3,(H,41,49). The molecule has 1 unspecified atom stereocenters. The summed E-state index contributed by atoms with van der Waals surface area (Å²) in [7, 11) is 9.45. The number of imidazole rings is 1. The fourth-order valence-corrected chi connectivity index (χ4v) is 6.13. The highest BCUT2D eigenvalue weighted by Crippen LogP contribution is 2.34. The Labute approximate surface area is 331 Å². The molecule has 0 fully saturated rings. The molecule has 0 bridgehead atoms. The molecule has 2 aromatic carbocycles. The molecule has 17 heteroatoms. The molecule has 5 aromatic rings. The summed E-state index contributed by atoms with van der Waals surface area (Å²) in [5.41, 5.74) is 3.63. The number of aliphatic hydroxyl groups excluding tert-OH is 1. The molecule has 1 atom stereocenters. The van der Waals surface area contributed by atoms with Crippen LogP contribution in [0.5, 0.6) is 40.8 Å². The second-order valence-corrected chi connectivity index (χ2v) is 12.7. The summed E-state index contributed by atoms with van der Waals surface area (Å²) in [6, 6.07) is 15.0. The number of aromatic nitrogens is 5. The van der Waals surface area contributed by atoms with Crippen LogP contribution in [0, 0.1) is 0 Å². The number of aliphatic hydroxyl groups is 1. The van der Waals surface area contributed by atoms with Gasteiger partial charge in [0.25, 0.3) is 0 Å². The van der Waals surface area contributed by atoms with Gasteiger partial charge in [-0.25, -0.2) is 14.3 Å². The number of nitrogens with one attached hydrogen (secondary N) is 1. The van der Waals surface area contributed by atoms with Crippen molar-refractivity contribution in [2.24, 2.45) is 0 Å². The van der Waals surface area contributed by atoms with Crippen molar-refractivity contribution in [3.63, 3.8) is 0 Å². The van der Waals surface area contributed by atoms with Gasteiger partial charge in [0.2, 0.25) is 11.8 Å². The number of pyridine rings is 1. The zero-order valence-corrected chi connectivity index (χ0v) is 33.4. The predicted molar refractivity (Wildman–Crippen MR) is 210 cm³/mol. The number of ether oxygens (including phenoxy) is 8. The van der Waals surface area contributed by atoms with E-state index in [0.29, 0.717) is 84.3 Å². The van der Waals surface area contributed by atoms with Crippen LogP contribution in [-0.2, 0) is 24.2 Å². The minimum Gasteiger partial charge on any atom is -0.497 e. The number of amides is 1. The molecule has 2 N–H and O–H groups in total. The van der Waals surface area contributed by atoms with Crippen LogP contribution in [0.1, 0.15) is 48.6 Å². The molecule has 0 saturated carbocycles. The van der Waals surface area contributed by atoms with Crippen molar-refractivity contribution < 1.29 is 47.8 Å². The van der Waals surface area contributed by atoms with Crippen LogP contribution in [0.2, 0.25) is 0 Å².